The molecule has 0 spiro atoms. The highest BCUT2D eigenvalue weighted by atomic mass is 31.2. The van der Waals surface area contributed by atoms with Gasteiger partial charge < -0.3 is 89.1 Å². The first-order valence-corrected chi connectivity index (χ1v) is 37.5. The molecule has 3 rings (SSSR count). The van der Waals surface area contributed by atoms with E-state index in [2.05, 4.69) is 32.9 Å². The van der Waals surface area contributed by atoms with Crippen LogP contribution in [0, 0.1) is 0 Å². The lowest BCUT2D eigenvalue weighted by Crippen LogP contribution is -2.69. The first-order valence-electron chi connectivity index (χ1n) is 36.0. The molecule has 2 heterocycles. The molecule has 24 nitrogen and oxygen atoms in total. The van der Waals surface area contributed by atoms with E-state index in [4.69, 9.17) is 42.2 Å². The Kier molecular flexibility index (Phi) is 46.5. The normalized spacial score (nSPS) is 28.5. The minimum Gasteiger partial charge on any atom is -0.463 e. The number of esters is 3. The number of unbranched alkanes of at least 4 members (excludes halogenated alkanes) is 32. The Morgan fingerprint density at radius 1 is 0.409 bits per heavy atom. The number of rotatable bonds is 55. The fraction of sp³-hybridized carbons (Fsp3) is 0.926. The van der Waals surface area contributed by atoms with Crippen molar-refractivity contribution in [2.75, 3.05) is 26.4 Å². The second-order valence-electron chi connectivity index (χ2n) is 26.0. The average molecular weight is 1360 g/mol. The summed E-state index contributed by atoms with van der Waals surface area (Å²) in [6.07, 6.45) is 7.37. The number of allylic oxidation sites excluding steroid dienone is 2. The Balaban J connectivity index is 1.76. The third-order valence-corrected chi connectivity index (χ3v) is 18.8. The molecule has 2 aliphatic heterocycles. The highest BCUT2D eigenvalue weighted by Gasteiger charge is 2.58. The van der Waals surface area contributed by atoms with Crippen LogP contribution < -0.4 is 0 Å². The molecule has 3 fully saturated rings. The van der Waals surface area contributed by atoms with Crippen molar-refractivity contribution in [2.45, 2.75) is 375 Å². The van der Waals surface area contributed by atoms with Gasteiger partial charge in [-0.15, -0.1) is 0 Å². The number of carbonyl (C=O) groups excluding carboxylic acids is 3. The number of aliphatic hydroxyl groups excluding tert-OH is 10. The highest BCUT2D eigenvalue weighted by molar-refractivity contribution is 7.47. The summed E-state index contributed by atoms with van der Waals surface area (Å²) in [7, 11) is -5.69. The molecule has 0 bridgehead atoms. The van der Waals surface area contributed by atoms with E-state index in [1.165, 1.54) is 116 Å². The van der Waals surface area contributed by atoms with Crippen LogP contribution in [0.5, 0.6) is 0 Å². The summed E-state index contributed by atoms with van der Waals surface area (Å²) < 4.78 is 64.8. The molecule has 0 aromatic carbocycles. The van der Waals surface area contributed by atoms with Gasteiger partial charge in [0, 0.05) is 19.3 Å². The number of phosphoric acid groups is 1. The van der Waals surface area contributed by atoms with Crippen molar-refractivity contribution in [3.63, 3.8) is 0 Å². The lowest BCUT2D eigenvalue weighted by molar-refractivity contribution is -0.360. The maximum atomic E-state index is 14.3. The summed E-state index contributed by atoms with van der Waals surface area (Å²) in [4.78, 5) is 50.8. The number of ether oxygens (including phenoxy) is 7. The predicted octanol–water partition coefficient (Wildman–Crippen LogP) is 8.79. The average Bonchev–Trinajstić information content (AvgIpc) is 0.800. The summed E-state index contributed by atoms with van der Waals surface area (Å²) in [5.41, 5.74) is 0. The molecule has 18 atom stereocenters. The second-order valence-corrected chi connectivity index (χ2v) is 27.4. The van der Waals surface area contributed by atoms with Gasteiger partial charge in [0.1, 0.15) is 98.7 Å². The molecule has 2 saturated heterocycles. The number of hydrogen-bond donors (Lipinski definition) is 11. The van der Waals surface area contributed by atoms with Gasteiger partial charge >= 0.3 is 25.7 Å². The van der Waals surface area contributed by atoms with Gasteiger partial charge in [-0.2, -0.15) is 0 Å². The van der Waals surface area contributed by atoms with Crippen LogP contribution in [0.2, 0.25) is 0 Å². The van der Waals surface area contributed by atoms with Crippen molar-refractivity contribution < 1.29 is 117 Å². The van der Waals surface area contributed by atoms with E-state index in [0.717, 1.165) is 96.3 Å². The van der Waals surface area contributed by atoms with Crippen molar-refractivity contribution >= 4 is 25.7 Å². The SMILES string of the molecule is CCCCCCCCC/C=C\CCCCCC(=O)OCC1OC(OC2C(O)C(O)C(O)C(OC3OC(CO)C(O)C(O)C3O)C2OP(=O)(O)OCC(COC(=O)CCCCCCCCCCCCCC)OC(=O)CCCCCCCCCCCCCC)C(O)C(O)C1O. The molecule has 0 amide bonds. The summed E-state index contributed by atoms with van der Waals surface area (Å²) in [6.45, 7) is 3.40. The van der Waals surface area contributed by atoms with Crippen molar-refractivity contribution in [3.05, 3.63) is 12.2 Å². The van der Waals surface area contributed by atoms with Gasteiger partial charge in [0.15, 0.2) is 18.7 Å². The minimum absolute atomic E-state index is 0.00952. The molecule has 93 heavy (non-hydrogen) atoms. The third-order valence-electron chi connectivity index (χ3n) is 17.8. The molecule has 25 heteroatoms. The first kappa shape index (κ1) is 84.9. The van der Waals surface area contributed by atoms with E-state index in [1.807, 2.05) is 0 Å². The van der Waals surface area contributed by atoms with E-state index in [9.17, 15) is 74.9 Å². The second kappa shape index (κ2) is 50.9. The van der Waals surface area contributed by atoms with Gasteiger partial charge in [0.2, 0.25) is 0 Å². The zero-order valence-electron chi connectivity index (χ0n) is 56.5. The maximum absolute atomic E-state index is 14.3. The predicted molar refractivity (Wildman–Crippen MR) is 347 cm³/mol. The monoisotopic (exact) mass is 1360 g/mol. The van der Waals surface area contributed by atoms with Crippen LogP contribution in [0.4, 0.5) is 0 Å². The largest absolute Gasteiger partial charge is 0.472 e. The molecule has 0 radical (unpaired) electrons. The van der Waals surface area contributed by atoms with E-state index in [-0.39, 0.29) is 19.3 Å². The summed E-state index contributed by atoms with van der Waals surface area (Å²) >= 11 is 0. The van der Waals surface area contributed by atoms with Crippen molar-refractivity contribution in [2.24, 2.45) is 0 Å². The van der Waals surface area contributed by atoms with E-state index < -0.39 is 156 Å². The van der Waals surface area contributed by atoms with Crippen LogP contribution in [-0.2, 0) is 61.2 Å². The molecule has 0 aromatic rings. The highest BCUT2D eigenvalue weighted by Crippen LogP contribution is 2.49. The lowest BCUT2D eigenvalue weighted by atomic mass is 9.84. The zero-order valence-corrected chi connectivity index (χ0v) is 57.4. The third kappa shape index (κ3) is 34.9. The van der Waals surface area contributed by atoms with Gasteiger partial charge in [0.25, 0.3) is 0 Å². The molecular formula is C68H125O24P. The van der Waals surface area contributed by atoms with E-state index >= 15 is 0 Å². The summed E-state index contributed by atoms with van der Waals surface area (Å²) in [5, 5.41) is 110. The van der Waals surface area contributed by atoms with Gasteiger partial charge in [-0.3, -0.25) is 23.4 Å². The molecule has 1 saturated carbocycles. The Morgan fingerprint density at radius 2 is 0.753 bits per heavy atom. The molecule has 0 aromatic heterocycles. The number of hydrogen-bond acceptors (Lipinski definition) is 23. The standard InChI is InChI=1S/C68H125O24P/c1-4-7-10-13-16-19-22-25-26-29-31-34-37-40-43-53(71)85-48-51-56(74)58(76)63(81)68(89-51)91-65-61(79)59(77)60(78)64(90-67-62(80)57(75)55(73)50(45-69)88-67)66(65)92-93(82,83)86-47-49(87-54(72)44-41-38-35-32-28-24-21-18-15-12-9-6-3)46-84-52(70)42-39-36-33-30-27-23-20-17-14-11-8-5-2/h26,29,49-51,55-69,73-81H,4-25,27-28,30-48H2,1-3H3,(H,82,83)/b29-26-. The summed E-state index contributed by atoms with van der Waals surface area (Å²) in [6, 6.07) is 0. The Hall–Kier alpha value is -2.30. The zero-order chi connectivity index (χ0) is 68.2. The molecule has 546 valence electrons. The fourth-order valence-electron chi connectivity index (χ4n) is 11.9. The number of aliphatic hydroxyl groups is 10. The van der Waals surface area contributed by atoms with Crippen molar-refractivity contribution in [1.29, 1.82) is 0 Å². The van der Waals surface area contributed by atoms with Gasteiger partial charge in [-0.25, -0.2) is 4.57 Å². The molecular weight excluding hydrogens is 1230 g/mol. The van der Waals surface area contributed by atoms with Crippen LogP contribution in [0.25, 0.3) is 0 Å². The van der Waals surface area contributed by atoms with E-state index in [0.29, 0.717) is 19.3 Å². The number of carbonyl (C=O) groups is 3. The van der Waals surface area contributed by atoms with Crippen LogP contribution >= 0.6 is 7.82 Å². The minimum atomic E-state index is -5.69. The molecule has 11 N–H and O–H groups in total. The maximum Gasteiger partial charge on any atom is 0.472 e. The molecule has 18 unspecified atom stereocenters. The fourth-order valence-corrected chi connectivity index (χ4v) is 12.8. The van der Waals surface area contributed by atoms with Gasteiger partial charge in [0.05, 0.1) is 13.2 Å². The van der Waals surface area contributed by atoms with Crippen molar-refractivity contribution in [1.82, 2.24) is 0 Å². The Morgan fingerprint density at radius 3 is 1.17 bits per heavy atom. The van der Waals surface area contributed by atoms with Crippen LogP contribution in [0.3, 0.4) is 0 Å². The van der Waals surface area contributed by atoms with Gasteiger partial charge in [-0.05, 0) is 44.9 Å². The summed E-state index contributed by atoms with van der Waals surface area (Å²) in [5.74, 6) is -2.00. The smallest absolute Gasteiger partial charge is 0.463 e. The van der Waals surface area contributed by atoms with Gasteiger partial charge in [-0.1, -0.05) is 219 Å². The molecule has 1 aliphatic carbocycles. The van der Waals surface area contributed by atoms with Crippen LogP contribution in [-0.4, -0.2) is 204 Å². The van der Waals surface area contributed by atoms with E-state index in [1.54, 1.807) is 0 Å². The lowest BCUT2D eigenvalue weighted by Gasteiger charge is -2.49. The topological polar surface area (TPSA) is 374 Å². The Bertz CT molecular complexity index is 1990. The number of phosphoric ester groups is 1. The van der Waals surface area contributed by atoms with Crippen molar-refractivity contribution in [3.8, 4) is 0 Å². The van der Waals surface area contributed by atoms with Crippen LogP contribution in [0.15, 0.2) is 12.2 Å². The quantitative estimate of drug-likeness (QED) is 0.00890. The Labute approximate surface area is 554 Å². The molecule has 3 aliphatic rings. The first-order chi connectivity index (χ1) is 44.8. The van der Waals surface area contributed by atoms with Crippen LogP contribution in [0.1, 0.15) is 271 Å².